The zero-order valence-electron chi connectivity index (χ0n) is 8.98. The first kappa shape index (κ1) is 12.0. The Morgan fingerprint density at radius 2 is 1.93 bits per heavy atom. The van der Waals surface area contributed by atoms with E-state index >= 15 is 0 Å². The fourth-order valence-corrected chi connectivity index (χ4v) is 1.26. The molecule has 0 aliphatic rings. The molecule has 0 radical (unpaired) electrons. The molecular weight excluding hydrogens is 204 g/mol. The molecule has 0 spiro atoms. The van der Waals surface area contributed by atoms with Gasteiger partial charge in [-0.05, 0) is 12.8 Å². The van der Waals surface area contributed by atoms with E-state index in [0.717, 1.165) is 0 Å². The van der Waals surface area contributed by atoms with Crippen molar-refractivity contribution in [1.29, 1.82) is 0 Å². The van der Waals surface area contributed by atoms with Crippen LogP contribution in [0, 0.1) is 5.92 Å². The molecule has 1 atom stereocenters. The molecule has 6 heteroatoms. The van der Waals surface area contributed by atoms with E-state index in [1.54, 1.807) is 6.92 Å². The molecule has 4 nitrogen and oxygen atoms in total. The van der Waals surface area contributed by atoms with Gasteiger partial charge in [0.15, 0.2) is 0 Å². The van der Waals surface area contributed by atoms with Gasteiger partial charge in [-0.25, -0.2) is 13.5 Å². The monoisotopic (exact) mass is 219 g/mol. The van der Waals surface area contributed by atoms with Crippen LogP contribution in [0.3, 0.4) is 0 Å². The second-order valence-corrected chi connectivity index (χ2v) is 3.81. The Bertz CT molecular complexity index is 325. The summed E-state index contributed by atoms with van der Waals surface area (Å²) in [5.41, 5.74) is -0.323. The van der Waals surface area contributed by atoms with Gasteiger partial charge < -0.3 is 5.11 Å². The Morgan fingerprint density at radius 1 is 1.33 bits per heavy atom. The first-order valence-electron chi connectivity index (χ1n) is 4.82. The van der Waals surface area contributed by atoms with Crippen LogP contribution < -0.4 is 0 Å². The maximum absolute atomic E-state index is 12.7. The van der Waals surface area contributed by atoms with E-state index in [9.17, 15) is 8.78 Å². The number of nitrogens with zero attached hydrogens (tertiary/aromatic N) is 3. The molecule has 1 N–H and O–H groups in total. The Morgan fingerprint density at radius 3 is 2.33 bits per heavy atom. The van der Waals surface area contributed by atoms with E-state index < -0.39 is 13.0 Å². The number of hydrogen-bond donors (Lipinski definition) is 1. The fraction of sp³-hybridized carbons (Fsp3) is 0.778. The van der Waals surface area contributed by atoms with Crippen LogP contribution in [0.1, 0.15) is 44.6 Å². The Balaban J connectivity index is 3.12. The number of alkyl halides is 2. The van der Waals surface area contributed by atoms with Crippen LogP contribution in [0.25, 0.3) is 0 Å². The quantitative estimate of drug-likeness (QED) is 0.841. The highest BCUT2D eigenvalue weighted by Crippen LogP contribution is 2.26. The highest BCUT2D eigenvalue weighted by atomic mass is 19.3. The first-order chi connectivity index (χ1) is 6.99. The average molecular weight is 219 g/mol. The molecule has 1 aromatic rings. The van der Waals surface area contributed by atoms with Gasteiger partial charge in [0.25, 0.3) is 6.43 Å². The molecule has 1 unspecified atom stereocenters. The smallest absolute Gasteiger partial charge is 0.282 e. The molecule has 0 aromatic carbocycles. The molecule has 0 fully saturated rings. The lowest BCUT2D eigenvalue weighted by Crippen LogP contribution is -2.16. The number of hydrogen-bond acceptors (Lipinski definition) is 3. The topological polar surface area (TPSA) is 50.9 Å². The third-order valence-electron chi connectivity index (χ3n) is 2.51. The largest absolute Gasteiger partial charge is 0.390 e. The van der Waals surface area contributed by atoms with Crippen molar-refractivity contribution in [2.75, 3.05) is 0 Å². The van der Waals surface area contributed by atoms with Crippen LogP contribution in [-0.4, -0.2) is 20.1 Å². The SMILES string of the molecule is CC(C)C(C)n1nnc(CO)c1C(F)F. The normalized spacial score (nSPS) is 13.9. The molecule has 1 aromatic heterocycles. The molecule has 0 aliphatic carbocycles. The molecule has 0 saturated heterocycles. The van der Waals surface area contributed by atoms with Gasteiger partial charge in [0.05, 0.1) is 12.6 Å². The summed E-state index contributed by atoms with van der Waals surface area (Å²) in [5, 5.41) is 16.1. The highest BCUT2D eigenvalue weighted by molar-refractivity contribution is 5.11. The second-order valence-electron chi connectivity index (χ2n) is 3.81. The molecule has 1 heterocycles. The molecule has 1 rings (SSSR count). The van der Waals surface area contributed by atoms with Gasteiger partial charge in [0.1, 0.15) is 11.4 Å². The number of aromatic nitrogens is 3. The lowest BCUT2D eigenvalue weighted by molar-refractivity contribution is 0.130. The maximum Gasteiger partial charge on any atom is 0.282 e. The lowest BCUT2D eigenvalue weighted by atomic mass is 10.1. The summed E-state index contributed by atoms with van der Waals surface area (Å²) >= 11 is 0. The molecular formula is C9H15F2N3O. The number of rotatable bonds is 4. The minimum Gasteiger partial charge on any atom is -0.390 e. The number of halogens is 2. The summed E-state index contributed by atoms with van der Waals surface area (Å²) in [7, 11) is 0. The van der Waals surface area contributed by atoms with Crippen molar-refractivity contribution in [2.45, 2.75) is 39.8 Å². The summed E-state index contributed by atoms with van der Waals surface area (Å²) in [6.45, 7) is 5.12. The zero-order chi connectivity index (χ0) is 11.6. The first-order valence-corrected chi connectivity index (χ1v) is 4.82. The van der Waals surface area contributed by atoms with E-state index in [-0.39, 0.29) is 23.3 Å². The Hall–Kier alpha value is -1.04. The Kier molecular flexibility index (Phi) is 3.73. The van der Waals surface area contributed by atoms with E-state index in [1.165, 1.54) is 4.68 Å². The number of aliphatic hydroxyl groups excluding tert-OH is 1. The van der Waals surface area contributed by atoms with Crippen molar-refractivity contribution in [3.8, 4) is 0 Å². The van der Waals surface area contributed by atoms with Crippen LogP contribution in [0.4, 0.5) is 8.78 Å². The highest BCUT2D eigenvalue weighted by Gasteiger charge is 2.25. The third-order valence-corrected chi connectivity index (χ3v) is 2.51. The van der Waals surface area contributed by atoms with Gasteiger partial charge in [-0.2, -0.15) is 0 Å². The predicted octanol–water partition coefficient (Wildman–Crippen LogP) is 1.93. The number of aliphatic hydroxyl groups is 1. The fourth-order valence-electron chi connectivity index (χ4n) is 1.26. The van der Waals surface area contributed by atoms with Crippen LogP contribution in [0.2, 0.25) is 0 Å². The molecule has 86 valence electrons. The van der Waals surface area contributed by atoms with Crippen molar-refractivity contribution < 1.29 is 13.9 Å². The summed E-state index contributed by atoms with van der Waals surface area (Å²) < 4.78 is 26.6. The van der Waals surface area contributed by atoms with Crippen molar-refractivity contribution >= 4 is 0 Å². The summed E-state index contributed by atoms with van der Waals surface area (Å²) in [6.07, 6.45) is -2.66. The van der Waals surface area contributed by atoms with Gasteiger partial charge in [-0.15, -0.1) is 5.10 Å². The van der Waals surface area contributed by atoms with Gasteiger partial charge in [-0.3, -0.25) is 0 Å². The van der Waals surface area contributed by atoms with Gasteiger partial charge >= 0.3 is 0 Å². The van der Waals surface area contributed by atoms with E-state index in [2.05, 4.69) is 10.3 Å². The van der Waals surface area contributed by atoms with Crippen molar-refractivity contribution in [3.05, 3.63) is 11.4 Å². The minimum absolute atomic E-state index is 0.0440. The summed E-state index contributed by atoms with van der Waals surface area (Å²) in [4.78, 5) is 0. The van der Waals surface area contributed by atoms with Crippen LogP contribution >= 0.6 is 0 Å². The second kappa shape index (κ2) is 4.65. The van der Waals surface area contributed by atoms with Crippen LogP contribution in [0.5, 0.6) is 0 Å². The zero-order valence-corrected chi connectivity index (χ0v) is 8.98. The average Bonchev–Trinajstić information content (AvgIpc) is 2.59. The van der Waals surface area contributed by atoms with E-state index in [4.69, 9.17) is 5.11 Å². The van der Waals surface area contributed by atoms with E-state index in [1.807, 2.05) is 13.8 Å². The summed E-state index contributed by atoms with van der Waals surface area (Å²) in [6, 6.07) is -0.165. The van der Waals surface area contributed by atoms with Gasteiger partial charge in [0, 0.05) is 0 Å². The van der Waals surface area contributed by atoms with Crippen molar-refractivity contribution in [2.24, 2.45) is 5.92 Å². The van der Waals surface area contributed by atoms with E-state index in [0.29, 0.717) is 0 Å². The summed E-state index contributed by atoms with van der Waals surface area (Å²) in [5.74, 6) is 0.177. The van der Waals surface area contributed by atoms with Crippen molar-refractivity contribution in [1.82, 2.24) is 15.0 Å². The molecule has 15 heavy (non-hydrogen) atoms. The van der Waals surface area contributed by atoms with Crippen LogP contribution in [0.15, 0.2) is 0 Å². The lowest BCUT2D eigenvalue weighted by Gasteiger charge is -2.17. The predicted molar refractivity (Wildman–Crippen MR) is 50.5 cm³/mol. The van der Waals surface area contributed by atoms with Crippen LogP contribution in [-0.2, 0) is 6.61 Å². The minimum atomic E-state index is -2.66. The van der Waals surface area contributed by atoms with Gasteiger partial charge in [0.2, 0.25) is 0 Å². The standard InChI is InChI=1S/C9H15F2N3O/c1-5(2)6(3)14-8(9(10)11)7(4-15)12-13-14/h5-6,9,15H,4H2,1-3H3. The molecule has 0 bridgehead atoms. The van der Waals surface area contributed by atoms with Crippen molar-refractivity contribution in [3.63, 3.8) is 0 Å². The molecule has 0 amide bonds. The van der Waals surface area contributed by atoms with Gasteiger partial charge in [-0.1, -0.05) is 19.1 Å². The molecule has 0 aliphatic heterocycles. The molecule has 0 saturated carbocycles. The Labute approximate surface area is 86.9 Å². The maximum atomic E-state index is 12.7. The third kappa shape index (κ3) is 2.31.